The second kappa shape index (κ2) is 3.88. The molecule has 0 saturated heterocycles. The molecule has 0 spiro atoms. The van der Waals surface area contributed by atoms with Gasteiger partial charge in [0.15, 0.2) is 0 Å². The third-order valence-corrected chi connectivity index (χ3v) is 2.16. The van der Waals surface area contributed by atoms with E-state index in [1.165, 1.54) is 12.8 Å². The van der Waals surface area contributed by atoms with Crippen molar-refractivity contribution in [1.29, 1.82) is 0 Å². The summed E-state index contributed by atoms with van der Waals surface area (Å²) in [5.41, 5.74) is 2.30. The summed E-state index contributed by atoms with van der Waals surface area (Å²) >= 11 is 0. The molecule has 0 rings (SSSR count). The fourth-order valence-electron chi connectivity index (χ4n) is 0.569. The predicted octanol–water partition coefficient (Wildman–Crippen LogP) is 2.96. The van der Waals surface area contributed by atoms with Gasteiger partial charge in [-0.05, 0) is 6.42 Å². The van der Waals surface area contributed by atoms with Crippen LogP contribution < -0.4 is 0 Å². The molecule has 0 fully saturated rings. The Morgan fingerprint density at radius 3 is 2.33 bits per heavy atom. The highest BCUT2D eigenvalue weighted by Gasteiger charge is 2.05. The molecule has 0 aromatic heterocycles. The summed E-state index contributed by atoms with van der Waals surface area (Å²) < 4.78 is 0. The number of hydrogen-bond donors (Lipinski definition) is 0. The summed E-state index contributed by atoms with van der Waals surface area (Å²) in [5, 5.41) is 0. The first-order valence-electron chi connectivity index (χ1n) is 3.59. The number of hydrogen-bond acceptors (Lipinski definition) is 0. The molecule has 1 radical (unpaired) electrons. The first kappa shape index (κ1) is 8.96. The summed E-state index contributed by atoms with van der Waals surface area (Å²) in [7, 11) is -1.13. The summed E-state index contributed by atoms with van der Waals surface area (Å²) in [4.78, 5) is 0. The molecule has 0 aliphatic carbocycles. The van der Waals surface area contributed by atoms with Crippen LogP contribution in [0.2, 0.25) is 13.1 Å². The molecule has 9 heavy (non-hydrogen) atoms. The second-order valence-electron chi connectivity index (χ2n) is 3.18. The van der Waals surface area contributed by atoms with Gasteiger partial charge in [0.1, 0.15) is 0 Å². The Hall–Kier alpha value is -0.0431. The highest BCUT2D eigenvalue weighted by atomic mass is 28.3. The van der Waals surface area contributed by atoms with Gasteiger partial charge in [-0.2, -0.15) is 0 Å². The molecular formula is C8H17Si. The van der Waals surface area contributed by atoms with Crippen LogP contribution in [0.3, 0.4) is 0 Å². The predicted molar refractivity (Wildman–Crippen MR) is 46.9 cm³/mol. The van der Waals surface area contributed by atoms with Crippen LogP contribution in [0.15, 0.2) is 11.8 Å². The minimum atomic E-state index is -1.13. The van der Waals surface area contributed by atoms with Crippen LogP contribution in [0.4, 0.5) is 0 Å². The Kier molecular flexibility index (Phi) is 3.87. The summed E-state index contributed by atoms with van der Waals surface area (Å²) in [6.07, 6.45) is 4.73. The zero-order valence-corrected chi connectivity index (χ0v) is 7.78. The molecule has 0 amide bonds. The molecule has 0 bridgehead atoms. The third kappa shape index (κ3) is 7.96. The molecule has 0 nitrogen and oxygen atoms in total. The molecule has 53 valence electrons. The molecular weight excluding hydrogens is 124 g/mol. The van der Waals surface area contributed by atoms with Crippen molar-refractivity contribution >= 4 is 8.07 Å². The normalized spacial score (nSPS) is 12.9. The largest absolute Gasteiger partial charge is 0.0987 e. The van der Waals surface area contributed by atoms with Crippen molar-refractivity contribution in [1.82, 2.24) is 0 Å². The number of rotatable bonds is 3. The average molecular weight is 141 g/mol. The Morgan fingerprint density at radius 2 is 2.00 bits per heavy atom. The monoisotopic (exact) mass is 141 g/mol. The van der Waals surface area contributed by atoms with Crippen LogP contribution >= 0.6 is 0 Å². The van der Waals surface area contributed by atoms with Crippen molar-refractivity contribution < 1.29 is 0 Å². The number of unbranched alkanes of at least 4 members (excludes halogenated alkanes) is 1. The van der Waals surface area contributed by atoms with E-state index in [1.54, 1.807) is 0 Å². The van der Waals surface area contributed by atoms with Crippen LogP contribution in [0.25, 0.3) is 0 Å². The summed E-state index contributed by atoms with van der Waals surface area (Å²) in [6, 6.07) is 0. The molecule has 0 unspecified atom stereocenters. The van der Waals surface area contributed by atoms with Gasteiger partial charge in [0.05, 0.1) is 8.07 Å². The molecule has 0 aliphatic heterocycles. The minimum absolute atomic E-state index is 1.13. The van der Waals surface area contributed by atoms with Crippen LogP contribution in [0, 0.1) is 6.55 Å². The molecule has 0 atom stereocenters. The van der Waals surface area contributed by atoms with Crippen LogP contribution in [-0.4, -0.2) is 8.07 Å². The van der Waals surface area contributed by atoms with E-state index in [9.17, 15) is 0 Å². The average Bonchev–Trinajstić information content (AvgIpc) is 1.63. The SMILES string of the molecule is [CH2][Si](C)(C)/C=C/CCC. The van der Waals surface area contributed by atoms with Crippen molar-refractivity contribution in [2.24, 2.45) is 0 Å². The first-order chi connectivity index (χ1) is 4.06. The van der Waals surface area contributed by atoms with E-state index in [4.69, 9.17) is 0 Å². The molecule has 1 heteroatoms. The summed E-state index contributed by atoms with van der Waals surface area (Å²) in [5.74, 6) is 0. The van der Waals surface area contributed by atoms with E-state index >= 15 is 0 Å². The van der Waals surface area contributed by atoms with Gasteiger partial charge in [-0.1, -0.05) is 44.8 Å². The van der Waals surface area contributed by atoms with Gasteiger partial charge in [0.25, 0.3) is 0 Å². The van der Waals surface area contributed by atoms with Crippen LogP contribution in [-0.2, 0) is 0 Å². The lowest BCUT2D eigenvalue weighted by molar-refractivity contribution is 0.959. The van der Waals surface area contributed by atoms with Crippen molar-refractivity contribution in [3.8, 4) is 0 Å². The van der Waals surface area contributed by atoms with Crippen molar-refractivity contribution in [2.45, 2.75) is 32.9 Å². The molecule has 0 N–H and O–H groups in total. The maximum Gasteiger partial charge on any atom is 0.0710 e. The van der Waals surface area contributed by atoms with E-state index in [0.29, 0.717) is 0 Å². The van der Waals surface area contributed by atoms with Crippen molar-refractivity contribution in [2.75, 3.05) is 0 Å². The molecule has 0 saturated carbocycles. The van der Waals surface area contributed by atoms with Crippen LogP contribution in [0.1, 0.15) is 19.8 Å². The quantitative estimate of drug-likeness (QED) is 0.530. The van der Waals surface area contributed by atoms with E-state index in [1.807, 2.05) is 0 Å². The molecule has 0 aromatic carbocycles. The van der Waals surface area contributed by atoms with Gasteiger partial charge in [0.2, 0.25) is 0 Å². The van der Waals surface area contributed by atoms with Crippen LogP contribution in [0.5, 0.6) is 0 Å². The minimum Gasteiger partial charge on any atom is -0.0987 e. The van der Waals surface area contributed by atoms with E-state index in [0.717, 1.165) is 0 Å². The fraction of sp³-hybridized carbons (Fsp3) is 0.625. The topological polar surface area (TPSA) is 0 Å². The maximum atomic E-state index is 4.09. The zero-order chi connectivity index (χ0) is 7.33. The summed E-state index contributed by atoms with van der Waals surface area (Å²) in [6.45, 7) is 10.8. The Bertz CT molecular complexity index is 87.2. The van der Waals surface area contributed by atoms with Gasteiger partial charge in [-0.15, -0.1) is 0 Å². The lowest BCUT2D eigenvalue weighted by atomic mass is 10.3. The number of allylic oxidation sites excluding steroid dienone is 1. The van der Waals surface area contributed by atoms with E-state index in [-0.39, 0.29) is 0 Å². The van der Waals surface area contributed by atoms with E-state index < -0.39 is 8.07 Å². The van der Waals surface area contributed by atoms with Crippen molar-refractivity contribution in [3.63, 3.8) is 0 Å². The maximum absolute atomic E-state index is 4.09. The third-order valence-electron chi connectivity index (χ3n) is 1.02. The van der Waals surface area contributed by atoms with Gasteiger partial charge >= 0.3 is 0 Å². The Morgan fingerprint density at radius 1 is 1.44 bits per heavy atom. The van der Waals surface area contributed by atoms with Crippen molar-refractivity contribution in [3.05, 3.63) is 18.3 Å². The van der Waals surface area contributed by atoms with Gasteiger partial charge in [-0.25, -0.2) is 0 Å². The fourth-order valence-corrected chi connectivity index (χ4v) is 1.37. The lowest BCUT2D eigenvalue weighted by Gasteiger charge is -2.06. The highest BCUT2D eigenvalue weighted by molar-refractivity contribution is 6.83. The Balaban J connectivity index is 3.45. The van der Waals surface area contributed by atoms with E-state index in [2.05, 4.69) is 38.3 Å². The second-order valence-corrected chi connectivity index (χ2v) is 7.49. The standard InChI is InChI=1S/C8H17Si/c1-5-6-7-8-9(2,3)4/h7-8H,2,5-6H2,1,3-4H3/b8-7+. The Labute approximate surface area is 60.0 Å². The smallest absolute Gasteiger partial charge is 0.0710 e. The van der Waals surface area contributed by atoms with Gasteiger partial charge < -0.3 is 0 Å². The molecule has 0 heterocycles. The first-order valence-corrected chi connectivity index (χ1v) is 6.88. The highest BCUT2D eigenvalue weighted by Crippen LogP contribution is 2.01. The zero-order valence-electron chi connectivity index (χ0n) is 6.78. The lowest BCUT2D eigenvalue weighted by Crippen LogP contribution is -2.16. The van der Waals surface area contributed by atoms with Gasteiger partial charge in [-0.3, -0.25) is 0 Å². The molecule has 0 aliphatic rings. The molecule has 0 aromatic rings. The van der Waals surface area contributed by atoms with Gasteiger partial charge in [0, 0.05) is 0 Å².